The third kappa shape index (κ3) is 3.83. The van der Waals surface area contributed by atoms with Crippen LogP contribution in [0.1, 0.15) is 28.5 Å². The molecule has 0 N–H and O–H groups in total. The van der Waals surface area contributed by atoms with Gasteiger partial charge in [-0.3, -0.25) is 4.68 Å². The van der Waals surface area contributed by atoms with Crippen LogP contribution in [0.4, 0.5) is 0 Å². The number of hydrogen-bond donors (Lipinski definition) is 0. The lowest BCUT2D eigenvalue weighted by Gasteiger charge is -2.08. The number of rotatable bonds is 6. The average Bonchev–Trinajstić information content (AvgIpc) is 2.83. The van der Waals surface area contributed by atoms with Crippen molar-refractivity contribution in [3.05, 3.63) is 52.3 Å². The molecule has 0 unspecified atom stereocenters. The Kier molecular flexibility index (Phi) is 5.36. The summed E-state index contributed by atoms with van der Waals surface area (Å²) in [6.45, 7) is 2.72. The fraction of sp³-hybridized carbons (Fsp3) is 0.333. The Morgan fingerprint density at radius 1 is 1.33 bits per heavy atom. The molecule has 0 saturated carbocycles. The number of carbonyl (C=O) groups excluding carboxylic acids is 1. The van der Waals surface area contributed by atoms with Gasteiger partial charge in [0.1, 0.15) is 5.56 Å². The number of halogens is 1. The normalized spacial score (nSPS) is 10.6. The number of hydrogen-bond acceptors (Lipinski definition) is 4. The molecule has 0 bridgehead atoms. The minimum atomic E-state index is -0.387. The molecule has 1 aromatic carbocycles. The molecule has 0 spiro atoms. The Bertz CT molecular complexity index is 625. The van der Waals surface area contributed by atoms with Crippen molar-refractivity contribution in [2.45, 2.75) is 20.1 Å². The number of nitrogens with zero attached hydrogens (tertiary/aromatic N) is 2. The zero-order valence-corrected chi connectivity index (χ0v) is 12.8. The van der Waals surface area contributed by atoms with Crippen molar-refractivity contribution in [2.24, 2.45) is 7.05 Å². The van der Waals surface area contributed by atoms with Gasteiger partial charge in [0.15, 0.2) is 0 Å². The van der Waals surface area contributed by atoms with Crippen LogP contribution >= 0.6 is 11.6 Å². The van der Waals surface area contributed by atoms with Gasteiger partial charge in [-0.25, -0.2) is 4.79 Å². The van der Waals surface area contributed by atoms with Gasteiger partial charge in [-0.05, 0) is 18.6 Å². The molecular formula is C15H17ClN2O3. The summed E-state index contributed by atoms with van der Waals surface area (Å²) >= 11 is 6.07. The zero-order chi connectivity index (χ0) is 15.2. The molecule has 1 aromatic heterocycles. The second-order valence-corrected chi connectivity index (χ2v) is 4.84. The molecular weight excluding hydrogens is 292 g/mol. The van der Waals surface area contributed by atoms with Crippen molar-refractivity contribution in [1.82, 2.24) is 9.78 Å². The lowest BCUT2D eigenvalue weighted by Crippen LogP contribution is -2.10. The van der Waals surface area contributed by atoms with E-state index in [0.717, 1.165) is 5.56 Å². The number of benzene rings is 1. The van der Waals surface area contributed by atoms with E-state index in [1.54, 1.807) is 18.7 Å². The van der Waals surface area contributed by atoms with Crippen LogP contribution in [0.25, 0.3) is 0 Å². The van der Waals surface area contributed by atoms with Crippen LogP contribution in [-0.2, 0) is 29.7 Å². The third-order valence-electron chi connectivity index (χ3n) is 3.01. The summed E-state index contributed by atoms with van der Waals surface area (Å²) in [4.78, 5) is 11.8. The molecule has 6 heteroatoms. The van der Waals surface area contributed by atoms with E-state index in [1.807, 2.05) is 24.3 Å². The molecule has 0 atom stereocenters. The van der Waals surface area contributed by atoms with E-state index in [9.17, 15) is 4.79 Å². The van der Waals surface area contributed by atoms with Crippen LogP contribution in [0, 0.1) is 0 Å². The first-order valence-electron chi connectivity index (χ1n) is 6.62. The Hall–Kier alpha value is -1.85. The van der Waals surface area contributed by atoms with E-state index in [2.05, 4.69) is 5.10 Å². The highest BCUT2D eigenvalue weighted by Crippen LogP contribution is 2.17. The van der Waals surface area contributed by atoms with Crippen LogP contribution in [0.15, 0.2) is 30.5 Å². The minimum Gasteiger partial charge on any atom is -0.462 e. The van der Waals surface area contributed by atoms with Gasteiger partial charge in [0.25, 0.3) is 0 Å². The molecule has 0 aliphatic heterocycles. The first-order chi connectivity index (χ1) is 10.1. The standard InChI is InChI=1S/C15H17ClN2O3/c1-3-21-15(19)12-8-17-18(2)14(12)10-20-9-11-6-4-5-7-13(11)16/h4-8H,3,9-10H2,1-2H3. The van der Waals surface area contributed by atoms with Gasteiger partial charge in [0.2, 0.25) is 0 Å². The van der Waals surface area contributed by atoms with Crippen molar-refractivity contribution in [2.75, 3.05) is 6.61 Å². The van der Waals surface area contributed by atoms with Gasteiger partial charge in [-0.2, -0.15) is 5.10 Å². The van der Waals surface area contributed by atoms with Crippen molar-refractivity contribution in [3.63, 3.8) is 0 Å². The van der Waals surface area contributed by atoms with Crippen molar-refractivity contribution < 1.29 is 14.3 Å². The first-order valence-corrected chi connectivity index (χ1v) is 7.00. The SMILES string of the molecule is CCOC(=O)c1cnn(C)c1COCc1ccccc1Cl. The highest BCUT2D eigenvalue weighted by Gasteiger charge is 2.17. The molecule has 2 aromatic rings. The predicted octanol–water partition coefficient (Wildman–Crippen LogP) is 2.97. The van der Waals surface area contributed by atoms with Crippen LogP contribution in [0.2, 0.25) is 5.02 Å². The van der Waals surface area contributed by atoms with Crippen LogP contribution in [0.3, 0.4) is 0 Å². The topological polar surface area (TPSA) is 53.3 Å². The molecule has 21 heavy (non-hydrogen) atoms. The number of carbonyl (C=O) groups is 1. The third-order valence-corrected chi connectivity index (χ3v) is 3.38. The quantitative estimate of drug-likeness (QED) is 0.770. The molecule has 0 amide bonds. The second-order valence-electron chi connectivity index (χ2n) is 4.43. The second kappa shape index (κ2) is 7.24. The van der Waals surface area contributed by atoms with E-state index < -0.39 is 0 Å². The molecule has 0 aliphatic carbocycles. The highest BCUT2D eigenvalue weighted by molar-refractivity contribution is 6.31. The summed E-state index contributed by atoms with van der Waals surface area (Å²) < 4.78 is 12.2. The smallest absolute Gasteiger partial charge is 0.341 e. The Labute approximate surface area is 128 Å². The number of ether oxygens (including phenoxy) is 2. The Morgan fingerprint density at radius 3 is 2.81 bits per heavy atom. The van der Waals surface area contributed by atoms with Gasteiger partial charge in [0.05, 0.1) is 31.7 Å². The van der Waals surface area contributed by atoms with E-state index >= 15 is 0 Å². The minimum absolute atomic E-state index is 0.260. The largest absolute Gasteiger partial charge is 0.462 e. The fourth-order valence-corrected chi connectivity index (χ4v) is 2.08. The summed E-state index contributed by atoms with van der Waals surface area (Å²) in [6, 6.07) is 7.48. The Balaban J connectivity index is 2.02. The maximum Gasteiger partial charge on any atom is 0.341 e. The van der Waals surface area contributed by atoms with Crippen LogP contribution in [-0.4, -0.2) is 22.4 Å². The molecule has 112 valence electrons. The lowest BCUT2D eigenvalue weighted by molar-refractivity contribution is 0.0515. The van der Waals surface area contributed by atoms with Crippen molar-refractivity contribution in [3.8, 4) is 0 Å². The maximum atomic E-state index is 11.8. The van der Waals surface area contributed by atoms with Crippen LogP contribution in [0.5, 0.6) is 0 Å². The first kappa shape index (κ1) is 15.5. The fourth-order valence-electron chi connectivity index (χ4n) is 1.89. The van der Waals surface area contributed by atoms with E-state index in [4.69, 9.17) is 21.1 Å². The van der Waals surface area contributed by atoms with Crippen molar-refractivity contribution in [1.29, 1.82) is 0 Å². The Morgan fingerprint density at radius 2 is 2.10 bits per heavy atom. The molecule has 2 rings (SSSR count). The van der Waals surface area contributed by atoms with E-state index in [1.165, 1.54) is 6.20 Å². The van der Waals surface area contributed by atoms with Gasteiger partial charge in [-0.1, -0.05) is 29.8 Å². The zero-order valence-electron chi connectivity index (χ0n) is 12.0. The summed E-state index contributed by atoms with van der Waals surface area (Å²) in [5.41, 5.74) is 2.01. The van der Waals surface area contributed by atoms with Crippen molar-refractivity contribution >= 4 is 17.6 Å². The number of aryl methyl sites for hydroxylation is 1. The molecule has 0 radical (unpaired) electrons. The monoisotopic (exact) mass is 308 g/mol. The molecule has 0 saturated heterocycles. The van der Waals surface area contributed by atoms with Gasteiger partial charge in [-0.15, -0.1) is 0 Å². The van der Waals surface area contributed by atoms with E-state index in [0.29, 0.717) is 29.5 Å². The van der Waals surface area contributed by atoms with Gasteiger partial charge >= 0.3 is 5.97 Å². The average molecular weight is 309 g/mol. The predicted molar refractivity (Wildman–Crippen MR) is 79.1 cm³/mol. The van der Waals surface area contributed by atoms with Crippen LogP contribution < -0.4 is 0 Å². The molecule has 5 nitrogen and oxygen atoms in total. The summed E-state index contributed by atoms with van der Waals surface area (Å²) in [6.07, 6.45) is 1.49. The molecule has 1 heterocycles. The molecule has 0 aliphatic rings. The summed E-state index contributed by atoms with van der Waals surface area (Å²) in [7, 11) is 1.76. The summed E-state index contributed by atoms with van der Waals surface area (Å²) in [5, 5.41) is 4.73. The highest BCUT2D eigenvalue weighted by atomic mass is 35.5. The maximum absolute atomic E-state index is 11.8. The number of aromatic nitrogens is 2. The van der Waals surface area contributed by atoms with E-state index in [-0.39, 0.29) is 12.6 Å². The van der Waals surface area contributed by atoms with Gasteiger partial charge < -0.3 is 9.47 Å². The summed E-state index contributed by atoms with van der Waals surface area (Å²) in [5.74, 6) is -0.387. The molecule has 0 fully saturated rings. The lowest BCUT2D eigenvalue weighted by atomic mass is 10.2. The van der Waals surface area contributed by atoms with Gasteiger partial charge in [0, 0.05) is 12.1 Å². The number of esters is 1.